The van der Waals surface area contributed by atoms with Crippen molar-refractivity contribution in [2.45, 2.75) is 32.0 Å². The number of para-hydroxylation sites is 1. The van der Waals surface area contributed by atoms with Gasteiger partial charge in [0.15, 0.2) is 0 Å². The molecule has 2 atom stereocenters. The maximum atomic E-state index is 9.38. The predicted molar refractivity (Wildman–Crippen MR) is 50.9 cm³/mol. The predicted octanol–water partition coefficient (Wildman–Crippen LogP) is 1.76. The summed E-state index contributed by atoms with van der Waals surface area (Å²) in [6.45, 7) is 1.78. The fraction of sp³-hybridized carbons (Fsp3) is 0.455. The van der Waals surface area contributed by atoms with Gasteiger partial charge in [-0.3, -0.25) is 0 Å². The first-order valence-electron chi connectivity index (χ1n) is 4.70. The van der Waals surface area contributed by atoms with Crippen LogP contribution in [0.3, 0.4) is 0 Å². The summed E-state index contributed by atoms with van der Waals surface area (Å²) >= 11 is 0. The topological polar surface area (TPSA) is 29.5 Å². The third-order valence-corrected chi connectivity index (χ3v) is 2.49. The molecule has 0 spiro atoms. The second-order valence-electron chi connectivity index (χ2n) is 3.54. The lowest BCUT2D eigenvalue weighted by Gasteiger charge is -2.27. The van der Waals surface area contributed by atoms with E-state index in [4.69, 9.17) is 4.74 Å². The van der Waals surface area contributed by atoms with Crippen LogP contribution in [0.15, 0.2) is 24.3 Å². The maximum absolute atomic E-state index is 9.38. The summed E-state index contributed by atoms with van der Waals surface area (Å²) in [7, 11) is 0. The number of hydrogen-bond donors (Lipinski definition) is 1. The average Bonchev–Trinajstić information content (AvgIpc) is 2.17. The Labute approximate surface area is 78.2 Å². The van der Waals surface area contributed by atoms with Gasteiger partial charge in [0.1, 0.15) is 11.9 Å². The third kappa shape index (κ3) is 1.68. The number of aliphatic hydroxyl groups excluding tert-OH is 1. The molecule has 1 N–H and O–H groups in total. The molecule has 1 unspecified atom stereocenters. The molecule has 1 aromatic rings. The first kappa shape index (κ1) is 8.57. The molecule has 1 heterocycles. The smallest absolute Gasteiger partial charge is 0.125 e. The van der Waals surface area contributed by atoms with Crippen LogP contribution < -0.4 is 4.74 Å². The summed E-state index contributed by atoms with van der Waals surface area (Å²) in [6.07, 6.45) is 1.50. The third-order valence-electron chi connectivity index (χ3n) is 2.49. The van der Waals surface area contributed by atoms with Crippen molar-refractivity contribution in [3.8, 4) is 5.75 Å². The van der Waals surface area contributed by atoms with E-state index in [9.17, 15) is 5.11 Å². The summed E-state index contributed by atoms with van der Waals surface area (Å²) in [5.74, 6) is 0.930. The van der Waals surface area contributed by atoms with E-state index in [0.29, 0.717) is 0 Å². The summed E-state index contributed by atoms with van der Waals surface area (Å²) in [5.41, 5.74) is 1.25. The molecule has 0 fully saturated rings. The first-order valence-corrected chi connectivity index (χ1v) is 4.70. The van der Waals surface area contributed by atoms with Crippen LogP contribution in [0.25, 0.3) is 0 Å². The number of aliphatic hydroxyl groups is 1. The quantitative estimate of drug-likeness (QED) is 0.710. The lowest BCUT2D eigenvalue weighted by Crippen LogP contribution is -2.32. The fourth-order valence-electron chi connectivity index (χ4n) is 1.68. The molecule has 2 heteroatoms. The van der Waals surface area contributed by atoms with Crippen LogP contribution in [-0.2, 0) is 6.42 Å². The molecule has 2 rings (SSSR count). The summed E-state index contributed by atoms with van der Waals surface area (Å²) in [4.78, 5) is 0. The monoisotopic (exact) mass is 178 g/mol. The van der Waals surface area contributed by atoms with Gasteiger partial charge in [0.2, 0.25) is 0 Å². The van der Waals surface area contributed by atoms with Gasteiger partial charge in [-0.2, -0.15) is 0 Å². The molecule has 0 bridgehead atoms. The molecule has 0 amide bonds. The van der Waals surface area contributed by atoms with Gasteiger partial charge in [0.25, 0.3) is 0 Å². The van der Waals surface area contributed by atoms with Crippen LogP contribution in [0.5, 0.6) is 5.75 Å². The fourth-order valence-corrected chi connectivity index (χ4v) is 1.68. The van der Waals surface area contributed by atoms with E-state index in [0.717, 1.165) is 18.6 Å². The van der Waals surface area contributed by atoms with Gasteiger partial charge in [0.05, 0.1) is 6.10 Å². The van der Waals surface area contributed by atoms with E-state index in [1.54, 1.807) is 6.92 Å². The normalized spacial score (nSPS) is 23.1. The molecule has 0 saturated carbocycles. The Hall–Kier alpha value is -1.02. The van der Waals surface area contributed by atoms with Crippen LogP contribution in [0.2, 0.25) is 0 Å². The van der Waals surface area contributed by atoms with E-state index in [1.807, 2.05) is 18.2 Å². The molecule has 70 valence electrons. The lowest BCUT2D eigenvalue weighted by atomic mass is 10.00. The van der Waals surface area contributed by atoms with Gasteiger partial charge in [0, 0.05) is 0 Å². The van der Waals surface area contributed by atoms with Crippen molar-refractivity contribution in [3.63, 3.8) is 0 Å². The summed E-state index contributed by atoms with van der Waals surface area (Å²) < 4.78 is 5.64. The van der Waals surface area contributed by atoms with Crippen LogP contribution >= 0.6 is 0 Å². The standard InChI is InChI=1S/C11H14O2/c1-8(12)10-7-6-9-4-2-3-5-11(9)13-10/h2-5,8,10,12H,6-7H2,1H3/t8-,10?/m0/s1. The Morgan fingerprint density at radius 2 is 2.23 bits per heavy atom. The highest BCUT2D eigenvalue weighted by Gasteiger charge is 2.22. The second-order valence-corrected chi connectivity index (χ2v) is 3.54. The Kier molecular flexibility index (Phi) is 2.23. The molecule has 0 aromatic heterocycles. The number of benzene rings is 1. The van der Waals surface area contributed by atoms with Crippen molar-refractivity contribution in [1.29, 1.82) is 0 Å². The molecule has 1 aliphatic heterocycles. The van der Waals surface area contributed by atoms with Crippen LogP contribution in [0.4, 0.5) is 0 Å². The molecule has 1 aliphatic rings. The van der Waals surface area contributed by atoms with Crippen LogP contribution in [0, 0.1) is 0 Å². The van der Waals surface area contributed by atoms with Gasteiger partial charge in [-0.05, 0) is 31.4 Å². The number of hydrogen-bond acceptors (Lipinski definition) is 2. The highest BCUT2D eigenvalue weighted by Crippen LogP contribution is 2.27. The molecule has 1 aromatic carbocycles. The molecule has 13 heavy (non-hydrogen) atoms. The van der Waals surface area contributed by atoms with Gasteiger partial charge in [-0.15, -0.1) is 0 Å². The minimum Gasteiger partial charge on any atom is -0.487 e. The van der Waals surface area contributed by atoms with Gasteiger partial charge >= 0.3 is 0 Å². The highest BCUT2D eigenvalue weighted by molar-refractivity contribution is 5.35. The van der Waals surface area contributed by atoms with E-state index < -0.39 is 0 Å². The Morgan fingerprint density at radius 3 is 3.00 bits per heavy atom. The number of fused-ring (bicyclic) bond motifs is 1. The zero-order chi connectivity index (χ0) is 9.26. The van der Waals surface area contributed by atoms with Crippen molar-refractivity contribution in [2.75, 3.05) is 0 Å². The maximum Gasteiger partial charge on any atom is 0.125 e. The minimum atomic E-state index is -0.381. The van der Waals surface area contributed by atoms with Crippen molar-refractivity contribution < 1.29 is 9.84 Å². The van der Waals surface area contributed by atoms with Gasteiger partial charge in [-0.1, -0.05) is 18.2 Å². The largest absolute Gasteiger partial charge is 0.487 e. The van der Waals surface area contributed by atoms with Crippen LogP contribution in [-0.4, -0.2) is 17.3 Å². The molecule has 0 radical (unpaired) electrons. The summed E-state index contributed by atoms with van der Waals surface area (Å²) in [6, 6.07) is 8.02. The van der Waals surface area contributed by atoms with Crippen molar-refractivity contribution >= 4 is 0 Å². The number of aryl methyl sites for hydroxylation is 1. The Balaban J connectivity index is 2.20. The highest BCUT2D eigenvalue weighted by atomic mass is 16.5. The first-order chi connectivity index (χ1) is 6.27. The van der Waals surface area contributed by atoms with E-state index in [-0.39, 0.29) is 12.2 Å². The van der Waals surface area contributed by atoms with Crippen molar-refractivity contribution in [2.24, 2.45) is 0 Å². The molecule has 0 saturated heterocycles. The summed E-state index contributed by atoms with van der Waals surface area (Å²) in [5, 5.41) is 9.38. The van der Waals surface area contributed by atoms with Gasteiger partial charge < -0.3 is 9.84 Å². The Morgan fingerprint density at radius 1 is 1.46 bits per heavy atom. The van der Waals surface area contributed by atoms with Gasteiger partial charge in [-0.25, -0.2) is 0 Å². The number of ether oxygens (including phenoxy) is 1. The SMILES string of the molecule is C[C@H](O)C1CCc2ccccc2O1. The molecular weight excluding hydrogens is 164 g/mol. The Bertz CT molecular complexity index is 294. The zero-order valence-electron chi connectivity index (χ0n) is 7.73. The van der Waals surface area contributed by atoms with E-state index in [1.165, 1.54) is 5.56 Å². The van der Waals surface area contributed by atoms with Crippen molar-refractivity contribution in [3.05, 3.63) is 29.8 Å². The minimum absolute atomic E-state index is 0.0325. The van der Waals surface area contributed by atoms with Crippen LogP contribution in [0.1, 0.15) is 18.9 Å². The van der Waals surface area contributed by atoms with E-state index >= 15 is 0 Å². The lowest BCUT2D eigenvalue weighted by molar-refractivity contribution is 0.0357. The van der Waals surface area contributed by atoms with Crippen molar-refractivity contribution in [1.82, 2.24) is 0 Å². The van der Waals surface area contributed by atoms with E-state index in [2.05, 4.69) is 6.07 Å². The second kappa shape index (κ2) is 3.38. The average molecular weight is 178 g/mol. The molecular formula is C11H14O2. The molecule has 2 nitrogen and oxygen atoms in total. The molecule has 0 aliphatic carbocycles. The number of rotatable bonds is 1. The zero-order valence-corrected chi connectivity index (χ0v) is 7.73.